The van der Waals surface area contributed by atoms with Gasteiger partial charge in [-0.2, -0.15) is 8.78 Å². The fourth-order valence-electron chi connectivity index (χ4n) is 2.71. The summed E-state index contributed by atoms with van der Waals surface area (Å²) in [5.74, 6) is -3.85. The molecule has 2 aromatic carbocycles. The second kappa shape index (κ2) is 8.35. The Hall–Kier alpha value is -3.00. The lowest BCUT2D eigenvalue weighted by Gasteiger charge is -2.22. The van der Waals surface area contributed by atoms with E-state index in [2.05, 4.69) is 10.6 Å². The summed E-state index contributed by atoms with van der Waals surface area (Å²) in [6.07, 6.45) is 0.138. The highest BCUT2D eigenvalue weighted by atomic mass is 32.2. The van der Waals surface area contributed by atoms with Crippen molar-refractivity contribution >= 4 is 34.9 Å². The Morgan fingerprint density at radius 2 is 1.54 bits per heavy atom. The lowest BCUT2D eigenvalue weighted by molar-refractivity contribution is -0.120. The Morgan fingerprint density at radius 3 is 2.07 bits per heavy atom. The van der Waals surface area contributed by atoms with Crippen molar-refractivity contribution in [1.82, 2.24) is 5.32 Å². The van der Waals surface area contributed by atoms with Crippen molar-refractivity contribution in [3.05, 3.63) is 71.1 Å². The number of hydrogen-bond acceptors (Lipinski definition) is 5. The van der Waals surface area contributed by atoms with Crippen LogP contribution in [0.5, 0.6) is 0 Å². The van der Waals surface area contributed by atoms with Crippen molar-refractivity contribution in [3.8, 4) is 0 Å². The molecule has 1 amide bonds. The molecule has 0 saturated carbocycles. The minimum absolute atomic E-state index is 0.0558. The Bertz CT molecular complexity index is 972. The molecule has 5 nitrogen and oxygen atoms in total. The monoisotopic (exact) mass is 402 g/mol. The lowest BCUT2D eigenvalue weighted by atomic mass is 9.90. The van der Waals surface area contributed by atoms with Crippen LogP contribution in [0.15, 0.2) is 64.8 Å². The molecule has 0 radical (unpaired) electrons. The van der Waals surface area contributed by atoms with E-state index >= 15 is 0 Å². The zero-order valence-corrected chi connectivity index (χ0v) is 15.6. The number of halogens is 2. The summed E-state index contributed by atoms with van der Waals surface area (Å²) < 4.78 is 24.9. The van der Waals surface area contributed by atoms with Gasteiger partial charge in [0.25, 0.3) is 5.76 Å². The Labute approximate surface area is 164 Å². The molecule has 0 aliphatic heterocycles. The van der Waals surface area contributed by atoms with E-state index in [1.165, 1.54) is 36.4 Å². The highest BCUT2D eigenvalue weighted by Gasteiger charge is 2.33. The normalized spacial score (nSPS) is 13.6. The summed E-state index contributed by atoms with van der Waals surface area (Å²) in [6.45, 7) is 1.63. The fraction of sp³-hybridized carbons (Fsp3) is 0.150. The number of benzene rings is 2. The smallest absolute Gasteiger partial charge is 0.288 e. The molecule has 3 rings (SSSR count). The number of anilines is 1. The van der Waals surface area contributed by atoms with Crippen LogP contribution in [0.25, 0.3) is 0 Å². The van der Waals surface area contributed by atoms with Crippen molar-refractivity contribution in [2.24, 2.45) is 0 Å². The molecule has 28 heavy (non-hydrogen) atoms. The summed E-state index contributed by atoms with van der Waals surface area (Å²) in [5.41, 5.74) is 0.696. The second-order valence-corrected chi connectivity index (χ2v) is 6.95. The number of thioether (sulfide) groups is 1. The van der Waals surface area contributed by atoms with Gasteiger partial charge in [0.1, 0.15) is 11.4 Å². The van der Waals surface area contributed by atoms with Gasteiger partial charge in [-0.15, -0.1) is 0 Å². The maximum absolute atomic E-state index is 12.9. The van der Waals surface area contributed by atoms with E-state index in [0.717, 1.165) is 0 Å². The number of alkyl halides is 2. The van der Waals surface area contributed by atoms with Crippen LogP contribution < -0.4 is 10.6 Å². The van der Waals surface area contributed by atoms with Crippen LogP contribution in [0.4, 0.5) is 14.5 Å². The van der Waals surface area contributed by atoms with Crippen LogP contribution in [0.1, 0.15) is 34.1 Å². The zero-order chi connectivity index (χ0) is 20.3. The van der Waals surface area contributed by atoms with Gasteiger partial charge in [-0.25, -0.2) is 0 Å². The van der Waals surface area contributed by atoms with Crippen molar-refractivity contribution in [2.45, 2.75) is 24.0 Å². The fourth-order valence-corrected chi connectivity index (χ4v) is 3.20. The standard InChI is InChI=1S/C20H16F2N2O3S/c1-2-15(25)24-17-16(18(26)13-5-3-4-6-14(13)19(17)27)23-11-7-9-12(10-8-11)28-20(21)22/h3-10,20,23H,2H2,1H3,(H,24,25). The first-order valence-corrected chi connectivity index (χ1v) is 9.33. The number of rotatable bonds is 6. The predicted octanol–water partition coefficient (Wildman–Crippen LogP) is 4.23. The first kappa shape index (κ1) is 19.8. The van der Waals surface area contributed by atoms with Crippen LogP contribution in [-0.2, 0) is 4.79 Å². The van der Waals surface area contributed by atoms with Crippen molar-refractivity contribution in [3.63, 3.8) is 0 Å². The number of Topliss-reactive ketones (excluding diaryl/α,β-unsaturated/α-hetero) is 2. The number of carbonyl (C=O) groups is 3. The van der Waals surface area contributed by atoms with Gasteiger partial charge in [-0.3, -0.25) is 14.4 Å². The molecular formula is C20H16F2N2O3S. The summed E-state index contributed by atoms with van der Waals surface area (Å²) in [4.78, 5) is 38.0. The van der Waals surface area contributed by atoms with Crippen molar-refractivity contribution in [1.29, 1.82) is 0 Å². The van der Waals surface area contributed by atoms with Crippen LogP contribution in [-0.4, -0.2) is 23.2 Å². The van der Waals surface area contributed by atoms with Gasteiger partial charge in [0, 0.05) is 28.1 Å². The maximum Gasteiger partial charge on any atom is 0.288 e. The maximum atomic E-state index is 12.9. The Morgan fingerprint density at radius 1 is 0.964 bits per heavy atom. The van der Waals surface area contributed by atoms with E-state index in [4.69, 9.17) is 0 Å². The van der Waals surface area contributed by atoms with E-state index in [-0.39, 0.29) is 28.9 Å². The molecule has 0 atom stereocenters. The molecule has 0 bridgehead atoms. The molecule has 0 aromatic heterocycles. The van der Waals surface area contributed by atoms with Gasteiger partial charge in [0.2, 0.25) is 17.5 Å². The van der Waals surface area contributed by atoms with E-state index in [1.54, 1.807) is 19.1 Å². The minimum atomic E-state index is -2.54. The largest absolute Gasteiger partial charge is 0.350 e. The van der Waals surface area contributed by atoms with E-state index in [9.17, 15) is 23.2 Å². The molecule has 0 fully saturated rings. The minimum Gasteiger partial charge on any atom is -0.350 e. The van der Waals surface area contributed by atoms with Gasteiger partial charge >= 0.3 is 0 Å². The average Bonchev–Trinajstić information content (AvgIpc) is 2.69. The molecule has 0 spiro atoms. The summed E-state index contributed by atoms with van der Waals surface area (Å²) in [5, 5.41) is 5.36. The topological polar surface area (TPSA) is 75.3 Å². The quantitative estimate of drug-likeness (QED) is 0.708. The van der Waals surface area contributed by atoms with Gasteiger partial charge in [0.15, 0.2) is 0 Å². The molecule has 0 saturated heterocycles. The first-order valence-electron chi connectivity index (χ1n) is 8.45. The van der Waals surface area contributed by atoms with Crippen molar-refractivity contribution < 1.29 is 23.2 Å². The van der Waals surface area contributed by atoms with Crippen LogP contribution in [0.2, 0.25) is 0 Å². The van der Waals surface area contributed by atoms with E-state index in [0.29, 0.717) is 22.3 Å². The van der Waals surface area contributed by atoms with Crippen molar-refractivity contribution in [2.75, 3.05) is 5.32 Å². The van der Waals surface area contributed by atoms with Gasteiger partial charge < -0.3 is 10.6 Å². The number of fused-ring (bicyclic) bond motifs is 1. The van der Waals surface area contributed by atoms with Crippen LogP contribution >= 0.6 is 11.8 Å². The summed E-state index contributed by atoms with van der Waals surface area (Å²) in [7, 11) is 0. The van der Waals surface area contributed by atoms with Gasteiger partial charge in [-0.1, -0.05) is 43.0 Å². The third-order valence-corrected chi connectivity index (χ3v) is 4.78. The number of carbonyl (C=O) groups excluding carboxylic acids is 3. The number of nitrogens with one attached hydrogen (secondary N) is 2. The van der Waals surface area contributed by atoms with Crippen LogP contribution in [0, 0.1) is 0 Å². The molecule has 2 N–H and O–H groups in total. The predicted molar refractivity (Wildman–Crippen MR) is 102 cm³/mol. The lowest BCUT2D eigenvalue weighted by Crippen LogP contribution is -2.35. The molecule has 144 valence electrons. The number of ketones is 2. The molecular weight excluding hydrogens is 386 g/mol. The third-order valence-electron chi connectivity index (χ3n) is 4.05. The molecule has 0 unspecified atom stereocenters. The summed E-state index contributed by atoms with van der Waals surface area (Å²) >= 11 is 0.406. The third kappa shape index (κ3) is 4.12. The second-order valence-electron chi connectivity index (χ2n) is 5.88. The Kier molecular flexibility index (Phi) is 5.89. The van der Waals surface area contributed by atoms with Gasteiger partial charge in [-0.05, 0) is 24.3 Å². The zero-order valence-electron chi connectivity index (χ0n) is 14.8. The highest BCUT2D eigenvalue weighted by Crippen LogP contribution is 2.29. The number of hydrogen-bond donors (Lipinski definition) is 2. The SMILES string of the molecule is CCC(=O)NC1=C(Nc2ccc(SC(F)F)cc2)C(=O)c2ccccc2C1=O. The highest BCUT2D eigenvalue weighted by molar-refractivity contribution is 7.99. The van der Waals surface area contributed by atoms with Gasteiger partial charge in [0.05, 0.1) is 0 Å². The van der Waals surface area contributed by atoms with E-state index in [1.807, 2.05) is 0 Å². The Balaban J connectivity index is 1.98. The van der Waals surface area contributed by atoms with E-state index < -0.39 is 23.2 Å². The van der Waals surface area contributed by atoms with Crippen LogP contribution in [0.3, 0.4) is 0 Å². The molecule has 1 aliphatic carbocycles. The summed E-state index contributed by atoms with van der Waals surface area (Å²) in [6, 6.07) is 12.4. The molecule has 8 heteroatoms. The number of allylic oxidation sites excluding steroid dienone is 2. The number of amides is 1. The average molecular weight is 402 g/mol. The molecule has 2 aromatic rings. The first-order chi connectivity index (χ1) is 13.4. The molecule has 1 aliphatic rings. The molecule has 0 heterocycles.